The lowest BCUT2D eigenvalue weighted by Gasteiger charge is -2.03. The first-order valence-corrected chi connectivity index (χ1v) is 7.69. The van der Waals surface area contributed by atoms with Gasteiger partial charge in [0.25, 0.3) is 0 Å². The van der Waals surface area contributed by atoms with Crippen molar-refractivity contribution in [3.63, 3.8) is 0 Å². The number of benzene rings is 2. The molecule has 2 rings (SSSR count). The Kier molecular flexibility index (Phi) is 3.68. The Hall–Kier alpha value is -1.39. The minimum absolute atomic E-state index is 0.196. The van der Waals surface area contributed by atoms with Gasteiger partial charge in [0.15, 0.2) is 0 Å². The summed E-state index contributed by atoms with van der Waals surface area (Å²) in [4.78, 5) is 0. The van der Waals surface area contributed by atoms with Crippen LogP contribution in [-0.2, 0) is 14.8 Å². The van der Waals surface area contributed by atoms with Gasteiger partial charge in [-0.2, -0.15) is 0 Å². The Bertz CT molecular complexity index is 634. The minimum Gasteiger partial charge on any atom is -0.212 e. The first-order valence-electron chi connectivity index (χ1n) is 5.21. The van der Waals surface area contributed by atoms with E-state index in [-0.39, 0.29) is 11.6 Å². The summed E-state index contributed by atoms with van der Waals surface area (Å²) in [6.07, 6.45) is 0. The quantitative estimate of drug-likeness (QED) is 0.808. The summed E-state index contributed by atoms with van der Waals surface area (Å²) in [6, 6.07) is 13.1. The van der Waals surface area contributed by atoms with Crippen LogP contribution >= 0.6 is 10.7 Å². The summed E-state index contributed by atoms with van der Waals surface area (Å²) in [5.74, 6) is -0.485. The third-order valence-corrected chi connectivity index (χ3v) is 3.48. The van der Waals surface area contributed by atoms with E-state index in [4.69, 9.17) is 10.7 Å². The predicted octanol–water partition coefficient (Wildman–Crippen LogP) is 3.56. The van der Waals surface area contributed by atoms with Gasteiger partial charge < -0.3 is 0 Å². The standard InChI is InChI=1S/C13H10ClFO2S/c14-18(16,17)9-10-1-3-11(4-2-10)12-5-7-13(15)8-6-12/h1-8H,9H2. The molecule has 18 heavy (non-hydrogen) atoms. The molecule has 0 saturated heterocycles. The van der Waals surface area contributed by atoms with Gasteiger partial charge in [-0.25, -0.2) is 12.8 Å². The summed E-state index contributed by atoms with van der Waals surface area (Å²) in [5, 5.41) is 0. The fourth-order valence-corrected chi connectivity index (χ4v) is 2.60. The molecule has 0 saturated carbocycles. The largest absolute Gasteiger partial charge is 0.236 e. The Balaban J connectivity index is 2.25. The molecule has 0 spiro atoms. The number of rotatable bonds is 3. The predicted molar refractivity (Wildman–Crippen MR) is 70.3 cm³/mol. The van der Waals surface area contributed by atoms with Crippen molar-refractivity contribution < 1.29 is 12.8 Å². The third kappa shape index (κ3) is 3.55. The Labute approximate surface area is 109 Å². The average molecular weight is 285 g/mol. The van der Waals surface area contributed by atoms with Gasteiger partial charge in [0.05, 0.1) is 5.75 Å². The Morgan fingerprint density at radius 1 is 0.889 bits per heavy atom. The van der Waals surface area contributed by atoms with Crippen LogP contribution in [0, 0.1) is 5.82 Å². The first-order chi connectivity index (χ1) is 8.44. The van der Waals surface area contributed by atoms with Crippen LogP contribution in [0.25, 0.3) is 11.1 Å². The zero-order valence-corrected chi connectivity index (χ0v) is 10.9. The highest BCUT2D eigenvalue weighted by Crippen LogP contribution is 2.21. The highest BCUT2D eigenvalue weighted by Gasteiger charge is 2.07. The van der Waals surface area contributed by atoms with E-state index in [0.717, 1.165) is 11.1 Å². The highest BCUT2D eigenvalue weighted by atomic mass is 35.7. The molecule has 0 amide bonds. The molecule has 0 aliphatic rings. The molecule has 0 aliphatic carbocycles. The van der Waals surface area contributed by atoms with Crippen molar-refractivity contribution in [2.45, 2.75) is 5.75 Å². The minimum atomic E-state index is -3.54. The SMILES string of the molecule is O=S(=O)(Cl)Cc1ccc(-c2ccc(F)cc2)cc1. The maximum Gasteiger partial charge on any atom is 0.236 e. The van der Waals surface area contributed by atoms with Crippen LogP contribution in [0.3, 0.4) is 0 Å². The molecule has 0 radical (unpaired) electrons. The molecule has 0 heterocycles. The van der Waals surface area contributed by atoms with Gasteiger partial charge in [0.1, 0.15) is 5.82 Å². The van der Waals surface area contributed by atoms with Crippen LogP contribution in [0.15, 0.2) is 48.5 Å². The van der Waals surface area contributed by atoms with E-state index >= 15 is 0 Å². The Morgan fingerprint density at radius 2 is 1.33 bits per heavy atom. The van der Waals surface area contributed by atoms with E-state index in [1.807, 2.05) is 0 Å². The second kappa shape index (κ2) is 5.08. The molecule has 0 fully saturated rings. The van der Waals surface area contributed by atoms with Crippen molar-refractivity contribution >= 4 is 19.7 Å². The van der Waals surface area contributed by atoms with Gasteiger partial charge in [-0.1, -0.05) is 36.4 Å². The van der Waals surface area contributed by atoms with Crippen LogP contribution in [0.2, 0.25) is 0 Å². The molecule has 5 heteroatoms. The summed E-state index contributed by atoms with van der Waals surface area (Å²) < 4.78 is 34.6. The average Bonchev–Trinajstić information content (AvgIpc) is 2.29. The van der Waals surface area contributed by atoms with Crippen molar-refractivity contribution in [1.82, 2.24) is 0 Å². The second-order valence-electron chi connectivity index (χ2n) is 3.89. The topological polar surface area (TPSA) is 34.1 Å². The van der Waals surface area contributed by atoms with Crippen molar-refractivity contribution in [3.8, 4) is 11.1 Å². The zero-order valence-electron chi connectivity index (χ0n) is 9.31. The van der Waals surface area contributed by atoms with Gasteiger partial charge >= 0.3 is 0 Å². The molecule has 0 aliphatic heterocycles. The normalized spacial score (nSPS) is 11.4. The summed E-state index contributed by atoms with van der Waals surface area (Å²) in [5.41, 5.74) is 2.39. The van der Waals surface area contributed by atoms with Crippen LogP contribution in [0.4, 0.5) is 4.39 Å². The fourth-order valence-electron chi connectivity index (χ4n) is 1.63. The van der Waals surface area contributed by atoms with Crippen molar-refractivity contribution in [1.29, 1.82) is 0 Å². The van der Waals surface area contributed by atoms with E-state index in [1.165, 1.54) is 12.1 Å². The van der Waals surface area contributed by atoms with Gasteiger partial charge in [-0.15, -0.1) is 0 Å². The molecule has 2 nitrogen and oxygen atoms in total. The molecule has 0 bridgehead atoms. The lowest BCUT2D eigenvalue weighted by Crippen LogP contribution is -1.94. The van der Waals surface area contributed by atoms with Crippen LogP contribution in [0.1, 0.15) is 5.56 Å². The van der Waals surface area contributed by atoms with Crippen LogP contribution < -0.4 is 0 Å². The maximum absolute atomic E-state index is 12.8. The molecule has 0 unspecified atom stereocenters. The Morgan fingerprint density at radius 3 is 1.78 bits per heavy atom. The number of halogens is 2. The van der Waals surface area contributed by atoms with E-state index < -0.39 is 9.05 Å². The molecule has 0 aromatic heterocycles. The first kappa shape index (κ1) is 13.1. The molecule has 2 aromatic carbocycles. The molecule has 0 N–H and O–H groups in total. The number of hydrogen-bond acceptors (Lipinski definition) is 2. The molecular formula is C13H10ClFO2S. The summed E-state index contributed by atoms with van der Waals surface area (Å²) in [6.45, 7) is 0. The zero-order chi connectivity index (χ0) is 13.2. The van der Waals surface area contributed by atoms with Crippen LogP contribution in [-0.4, -0.2) is 8.42 Å². The van der Waals surface area contributed by atoms with E-state index in [0.29, 0.717) is 5.56 Å². The summed E-state index contributed by atoms with van der Waals surface area (Å²) in [7, 11) is 1.63. The molecule has 0 atom stereocenters. The van der Waals surface area contributed by atoms with Crippen molar-refractivity contribution in [2.24, 2.45) is 0 Å². The summed E-state index contributed by atoms with van der Waals surface area (Å²) >= 11 is 0. The monoisotopic (exact) mass is 284 g/mol. The molecule has 2 aromatic rings. The van der Waals surface area contributed by atoms with Gasteiger partial charge in [-0.3, -0.25) is 0 Å². The fraction of sp³-hybridized carbons (Fsp3) is 0.0769. The van der Waals surface area contributed by atoms with E-state index in [2.05, 4.69) is 0 Å². The molecule has 94 valence electrons. The smallest absolute Gasteiger partial charge is 0.212 e. The van der Waals surface area contributed by atoms with Crippen molar-refractivity contribution in [3.05, 3.63) is 59.9 Å². The van der Waals surface area contributed by atoms with E-state index in [9.17, 15) is 12.8 Å². The highest BCUT2D eigenvalue weighted by molar-refractivity contribution is 8.13. The van der Waals surface area contributed by atoms with Crippen LogP contribution in [0.5, 0.6) is 0 Å². The molecular weight excluding hydrogens is 275 g/mol. The second-order valence-corrected chi connectivity index (χ2v) is 6.66. The lowest BCUT2D eigenvalue weighted by molar-refractivity contribution is 0.609. The van der Waals surface area contributed by atoms with Gasteiger partial charge in [0, 0.05) is 10.7 Å². The van der Waals surface area contributed by atoms with Crippen molar-refractivity contribution in [2.75, 3.05) is 0 Å². The van der Waals surface area contributed by atoms with Gasteiger partial charge in [-0.05, 0) is 28.8 Å². The number of hydrogen-bond donors (Lipinski definition) is 0. The maximum atomic E-state index is 12.8. The van der Waals surface area contributed by atoms with Gasteiger partial charge in [0.2, 0.25) is 9.05 Å². The third-order valence-electron chi connectivity index (χ3n) is 2.47. The lowest BCUT2D eigenvalue weighted by atomic mass is 10.0. The van der Waals surface area contributed by atoms with E-state index in [1.54, 1.807) is 36.4 Å².